The van der Waals surface area contributed by atoms with Crippen LogP contribution in [0.4, 0.5) is 0 Å². The molecule has 1 N–H and O–H groups in total. The van der Waals surface area contributed by atoms with E-state index in [2.05, 4.69) is 35.6 Å². The van der Waals surface area contributed by atoms with Crippen molar-refractivity contribution in [3.05, 3.63) is 77.9 Å². The number of benzene rings is 3. The van der Waals surface area contributed by atoms with Crippen molar-refractivity contribution in [1.82, 2.24) is 5.32 Å². The minimum absolute atomic E-state index is 0.0349. The summed E-state index contributed by atoms with van der Waals surface area (Å²) < 4.78 is 6.05. The van der Waals surface area contributed by atoms with Crippen LogP contribution in [0.2, 0.25) is 0 Å². The van der Waals surface area contributed by atoms with Crippen molar-refractivity contribution in [2.24, 2.45) is 0 Å². The van der Waals surface area contributed by atoms with E-state index >= 15 is 0 Å². The van der Waals surface area contributed by atoms with Gasteiger partial charge in [0.1, 0.15) is 5.75 Å². The molecule has 0 aromatic heterocycles. The second-order valence-electron chi connectivity index (χ2n) is 7.18. The number of fused-ring (bicyclic) bond motifs is 2. The van der Waals surface area contributed by atoms with Crippen LogP contribution in [0.25, 0.3) is 10.8 Å². The van der Waals surface area contributed by atoms with E-state index in [1.54, 1.807) is 0 Å². The maximum absolute atomic E-state index is 12.9. The zero-order chi connectivity index (χ0) is 18.6. The number of carbonyl (C=O) groups excluding carboxylic acids is 1. The average molecular weight is 359 g/mol. The predicted octanol–water partition coefficient (Wildman–Crippen LogP) is 5.19. The first-order valence-corrected chi connectivity index (χ1v) is 9.78. The molecule has 27 heavy (non-hydrogen) atoms. The Morgan fingerprint density at radius 2 is 1.85 bits per heavy atom. The molecule has 1 aliphatic rings. The quantitative estimate of drug-likeness (QED) is 0.681. The van der Waals surface area contributed by atoms with Crippen molar-refractivity contribution in [3.63, 3.8) is 0 Å². The van der Waals surface area contributed by atoms with Gasteiger partial charge in [0.05, 0.1) is 6.04 Å². The van der Waals surface area contributed by atoms with Crippen molar-refractivity contribution in [2.75, 3.05) is 0 Å². The lowest BCUT2D eigenvalue weighted by Crippen LogP contribution is -2.40. The van der Waals surface area contributed by atoms with Crippen LogP contribution in [0.15, 0.2) is 66.7 Å². The number of carbonyl (C=O) groups is 1. The van der Waals surface area contributed by atoms with Gasteiger partial charge in [0.25, 0.3) is 5.91 Å². The van der Waals surface area contributed by atoms with Crippen LogP contribution < -0.4 is 10.1 Å². The van der Waals surface area contributed by atoms with Gasteiger partial charge in [0, 0.05) is 0 Å². The second kappa shape index (κ2) is 7.83. The Morgan fingerprint density at radius 3 is 2.70 bits per heavy atom. The number of hydrogen-bond donors (Lipinski definition) is 1. The summed E-state index contributed by atoms with van der Waals surface area (Å²) in [4.78, 5) is 12.9. The fraction of sp³-hybridized carbons (Fsp3) is 0.292. The zero-order valence-corrected chi connectivity index (χ0v) is 15.7. The van der Waals surface area contributed by atoms with Gasteiger partial charge >= 0.3 is 0 Å². The SMILES string of the molecule is CC[C@H](Oc1ccc2ccccc2c1)C(=O)N[C@@H]1CCCc2ccccc21. The Kier molecular flexibility index (Phi) is 5.10. The van der Waals surface area contributed by atoms with Crippen LogP contribution in [0.5, 0.6) is 5.75 Å². The molecule has 3 heteroatoms. The summed E-state index contributed by atoms with van der Waals surface area (Å²) in [6.07, 6.45) is 3.32. The topological polar surface area (TPSA) is 38.3 Å². The molecular formula is C24H25NO2. The van der Waals surface area contributed by atoms with Gasteiger partial charge in [-0.05, 0) is 59.7 Å². The number of hydrogen-bond acceptors (Lipinski definition) is 2. The van der Waals surface area contributed by atoms with Gasteiger partial charge in [-0.2, -0.15) is 0 Å². The molecule has 0 bridgehead atoms. The highest BCUT2D eigenvalue weighted by Gasteiger charge is 2.25. The Morgan fingerprint density at radius 1 is 1.07 bits per heavy atom. The standard InChI is InChI=1S/C24H25NO2/c1-2-23(27-20-15-14-17-8-3-4-10-19(17)16-20)24(26)25-22-13-7-11-18-9-5-6-12-21(18)22/h3-6,8-10,12,14-16,22-23H,2,7,11,13H2,1H3,(H,25,26)/t22-,23+/m1/s1. The Labute approximate surface area is 160 Å². The van der Waals surface area contributed by atoms with Gasteiger partial charge < -0.3 is 10.1 Å². The monoisotopic (exact) mass is 359 g/mol. The van der Waals surface area contributed by atoms with Gasteiger partial charge in [0.2, 0.25) is 0 Å². The molecule has 0 unspecified atom stereocenters. The minimum Gasteiger partial charge on any atom is -0.481 e. The Balaban J connectivity index is 1.48. The molecule has 1 aliphatic carbocycles. The van der Waals surface area contributed by atoms with Gasteiger partial charge in [-0.1, -0.05) is 61.5 Å². The second-order valence-corrected chi connectivity index (χ2v) is 7.18. The van der Waals surface area contributed by atoms with E-state index in [0.717, 1.165) is 30.4 Å². The first kappa shape index (κ1) is 17.6. The maximum atomic E-state index is 12.9. The summed E-state index contributed by atoms with van der Waals surface area (Å²) in [7, 11) is 0. The fourth-order valence-corrected chi connectivity index (χ4v) is 3.90. The van der Waals surface area contributed by atoms with E-state index in [-0.39, 0.29) is 11.9 Å². The third-order valence-corrected chi connectivity index (χ3v) is 5.35. The van der Waals surface area contributed by atoms with Gasteiger partial charge in [0.15, 0.2) is 6.10 Å². The van der Waals surface area contributed by atoms with Crippen LogP contribution >= 0.6 is 0 Å². The molecule has 0 saturated carbocycles. The lowest BCUT2D eigenvalue weighted by atomic mass is 9.87. The molecule has 2 atom stereocenters. The van der Waals surface area contributed by atoms with Crippen molar-refractivity contribution in [3.8, 4) is 5.75 Å². The van der Waals surface area contributed by atoms with Gasteiger partial charge in [-0.15, -0.1) is 0 Å². The van der Waals surface area contributed by atoms with E-state index in [4.69, 9.17) is 4.74 Å². The van der Waals surface area contributed by atoms with Crippen LogP contribution in [0.1, 0.15) is 43.4 Å². The van der Waals surface area contributed by atoms with Crippen LogP contribution in [0, 0.1) is 0 Å². The van der Waals surface area contributed by atoms with Crippen molar-refractivity contribution in [1.29, 1.82) is 0 Å². The average Bonchev–Trinajstić information content (AvgIpc) is 2.72. The smallest absolute Gasteiger partial charge is 0.261 e. The molecule has 0 heterocycles. The lowest BCUT2D eigenvalue weighted by Gasteiger charge is -2.28. The number of rotatable bonds is 5. The third kappa shape index (κ3) is 3.82. The Bertz CT molecular complexity index is 950. The Hall–Kier alpha value is -2.81. The highest BCUT2D eigenvalue weighted by atomic mass is 16.5. The molecule has 0 radical (unpaired) electrons. The summed E-state index contributed by atoms with van der Waals surface area (Å²) in [5.41, 5.74) is 2.59. The first-order valence-electron chi connectivity index (χ1n) is 9.78. The van der Waals surface area contributed by atoms with Crippen molar-refractivity contribution >= 4 is 16.7 Å². The van der Waals surface area contributed by atoms with Gasteiger partial charge in [-0.3, -0.25) is 4.79 Å². The molecule has 0 aliphatic heterocycles. The molecule has 0 fully saturated rings. The maximum Gasteiger partial charge on any atom is 0.261 e. The van der Waals surface area contributed by atoms with Crippen LogP contribution in [-0.2, 0) is 11.2 Å². The van der Waals surface area contributed by atoms with Crippen LogP contribution in [-0.4, -0.2) is 12.0 Å². The van der Waals surface area contributed by atoms with Crippen molar-refractivity contribution < 1.29 is 9.53 Å². The summed E-state index contributed by atoms with van der Waals surface area (Å²) in [6, 6.07) is 22.6. The number of nitrogens with one attached hydrogen (secondary N) is 1. The number of amides is 1. The summed E-state index contributed by atoms with van der Waals surface area (Å²) >= 11 is 0. The molecule has 3 aromatic carbocycles. The third-order valence-electron chi connectivity index (χ3n) is 5.35. The molecular weight excluding hydrogens is 334 g/mol. The highest BCUT2D eigenvalue weighted by molar-refractivity contribution is 5.84. The summed E-state index contributed by atoms with van der Waals surface area (Å²) in [5.74, 6) is 0.701. The largest absolute Gasteiger partial charge is 0.481 e. The molecule has 3 nitrogen and oxygen atoms in total. The van der Waals surface area contributed by atoms with Crippen molar-refractivity contribution in [2.45, 2.75) is 44.8 Å². The van der Waals surface area contributed by atoms with E-state index in [9.17, 15) is 4.79 Å². The highest BCUT2D eigenvalue weighted by Crippen LogP contribution is 2.30. The molecule has 138 valence electrons. The number of aryl methyl sites for hydroxylation is 1. The van der Waals surface area contributed by atoms with E-state index in [0.29, 0.717) is 6.42 Å². The molecule has 0 saturated heterocycles. The fourth-order valence-electron chi connectivity index (χ4n) is 3.90. The van der Waals surface area contributed by atoms with E-state index in [1.165, 1.54) is 16.5 Å². The zero-order valence-electron chi connectivity index (χ0n) is 15.7. The molecule has 4 rings (SSSR count). The van der Waals surface area contributed by atoms with Gasteiger partial charge in [-0.25, -0.2) is 0 Å². The summed E-state index contributed by atoms with van der Waals surface area (Å²) in [5, 5.41) is 5.50. The number of ether oxygens (including phenoxy) is 1. The predicted molar refractivity (Wildman–Crippen MR) is 109 cm³/mol. The summed E-state index contributed by atoms with van der Waals surface area (Å²) in [6.45, 7) is 1.99. The first-order chi connectivity index (χ1) is 13.2. The minimum atomic E-state index is -0.486. The molecule has 0 spiro atoms. The van der Waals surface area contributed by atoms with E-state index in [1.807, 2.05) is 43.3 Å². The van der Waals surface area contributed by atoms with E-state index < -0.39 is 6.10 Å². The molecule has 1 amide bonds. The van der Waals surface area contributed by atoms with Crippen LogP contribution in [0.3, 0.4) is 0 Å². The molecule has 3 aromatic rings. The lowest BCUT2D eigenvalue weighted by molar-refractivity contribution is -0.129. The normalized spacial score (nSPS) is 17.1.